The number of hydrogen-bond donors (Lipinski definition) is 3. The van der Waals surface area contributed by atoms with Gasteiger partial charge in [0.25, 0.3) is 0 Å². The van der Waals surface area contributed by atoms with Crippen LogP contribution >= 0.6 is 15.6 Å². The Balaban J connectivity index is 5.18. The number of aliphatic hydroxyl groups is 1. The summed E-state index contributed by atoms with van der Waals surface area (Å²) in [6.07, 6.45) is 51.6. The maximum Gasteiger partial charge on any atom is 0.472 e. The molecule has 17 nitrogen and oxygen atoms in total. The molecule has 3 unspecified atom stereocenters. The maximum absolute atomic E-state index is 13.1. The molecule has 0 fully saturated rings. The van der Waals surface area contributed by atoms with Gasteiger partial charge in [0.1, 0.15) is 19.3 Å². The molecule has 0 aromatic rings. The van der Waals surface area contributed by atoms with Gasteiger partial charge in [-0.3, -0.25) is 37.3 Å². The van der Waals surface area contributed by atoms with E-state index in [4.69, 9.17) is 37.0 Å². The molecule has 0 saturated carbocycles. The Morgan fingerprint density at radius 1 is 0.315 bits per heavy atom. The summed E-state index contributed by atoms with van der Waals surface area (Å²) < 4.78 is 68.3. The van der Waals surface area contributed by atoms with Crippen molar-refractivity contribution in [2.24, 2.45) is 11.8 Å². The molecule has 3 N–H and O–H groups in total. The lowest BCUT2D eigenvalue weighted by Crippen LogP contribution is -2.30. The topological polar surface area (TPSA) is 237 Å². The third-order valence-electron chi connectivity index (χ3n) is 17.3. The number of ether oxygens (including phenoxy) is 4. The lowest BCUT2D eigenvalue weighted by atomic mass is 10.00. The Labute approximate surface area is 562 Å². The molecule has 0 heterocycles. The summed E-state index contributed by atoms with van der Waals surface area (Å²) in [6.45, 7) is 9.51. The molecule has 0 spiro atoms. The van der Waals surface area contributed by atoms with Crippen LogP contribution in [0.2, 0.25) is 0 Å². The molecule has 0 aromatic heterocycles. The highest BCUT2D eigenvalue weighted by Crippen LogP contribution is 2.45. The van der Waals surface area contributed by atoms with Crippen LogP contribution < -0.4 is 0 Å². The molecule has 0 aliphatic carbocycles. The van der Waals surface area contributed by atoms with Gasteiger partial charge in [-0.15, -0.1) is 0 Å². The van der Waals surface area contributed by atoms with Gasteiger partial charge < -0.3 is 33.8 Å². The van der Waals surface area contributed by atoms with Crippen molar-refractivity contribution in [1.29, 1.82) is 0 Å². The fourth-order valence-corrected chi connectivity index (χ4v) is 12.7. The predicted octanol–water partition coefficient (Wildman–Crippen LogP) is 21.2. The van der Waals surface area contributed by atoms with Crippen LogP contribution in [-0.2, 0) is 65.4 Å². The van der Waals surface area contributed by atoms with Gasteiger partial charge in [0, 0.05) is 25.7 Å². The molecule has 0 rings (SSSR count). The van der Waals surface area contributed by atoms with E-state index in [0.29, 0.717) is 25.7 Å². The van der Waals surface area contributed by atoms with E-state index < -0.39 is 97.5 Å². The Bertz CT molecular complexity index is 1790. The summed E-state index contributed by atoms with van der Waals surface area (Å²) in [5.74, 6) is -0.597. The molecule has 0 amide bonds. The van der Waals surface area contributed by atoms with E-state index in [1.54, 1.807) is 0 Å². The normalized spacial score (nSPS) is 14.4. The maximum atomic E-state index is 13.1. The number of carbonyl (C=O) groups is 4. The fraction of sp³-hybridized carbons (Fsp3) is 0.945. The Hall–Kier alpha value is -1.94. The first-order valence-electron chi connectivity index (χ1n) is 38.0. The van der Waals surface area contributed by atoms with Crippen molar-refractivity contribution in [1.82, 2.24) is 0 Å². The second-order valence-electron chi connectivity index (χ2n) is 27.1. The monoisotopic (exact) mass is 1350 g/mol. The SMILES string of the molecule is CCCCCCCCCCCCCCCCCCC(=O)OC[C@H](COP(=O)(O)OC[C@@H](O)COP(=O)(O)OC[C@@H](COC(=O)CCCCCCCCC)OC(=O)CCCCCCCCC(C)CC)OC(=O)CCCCCCCCCCCCCCCCCCC(C)C. The minimum absolute atomic E-state index is 0.103. The van der Waals surface area contributed by atoms with Gasteiger partial charge in [0.15, 0.2) is 12.2 Å². The third kappa shape index (κ3) is 65.4. The minimum atomic E-state index is -4.95. The average Bonchev–Trinajstić information content (AvgIpc) is 3.13. The third-order valence-corrected chi connectivity index (χ3v) is 19.2. The smallest absolute Gasteiger partial charge is 0.462 e. The Morgan fingerprint density at radius 3 is 0.826 bits per heavy atom. The van der Waals surface area contributed by atoms with Gasteiger partial charge in [-0.25, -0.2) is 9.13 Å². The Kier molecular flexibility index (Phi) is 63.7. The predicted molar refractivity (Wildman–Crippen MR) is 372 cm³/mol. The van der Waals surface area contributed by atoms with Crippen LogP contribution in [0.4, 0.5) is 0 Å². The van der Waals surface area contributed by atoms with Gasteiger partial charge in [-0.1, -0.05) is 324 Å². The fourth-order valence-electron chi connectivity index (χ4n) is 11.1. The molecular weight excluding hydrogens is 1210 g/mol. The molecule has 546 valence electrons. The van der Waals surface area contributed by atoms with Crippen LogP contribution in [0.1, 0.15) is 375 Å². The van der Waals surface area contributed by atoms with Crippen molar-refractivity contribution >= 4 is 39.5 Å². The highest BCUT2D eigenvalue weighted by atomic mass is 31.2. The highest BCUT2D eigenvalue weighted by Gasteiger charge is 2.30. The van der Waals surface area contributed by atoms with Gasteiger partial charge in [0.2, 0.25) is 0 Å². The van der Waals surface area contributed by atoms with E-state index >= 15 is 0 Å². The number of phosphoric acid groups is 2. The van der Waals surface area contributed by atoms with Gasteiger partial charge in [0.05, 0.1) is 26.4 Å². The summed E-state index contributed by atoms with van der Waals surface area (Å²) in [7, 11) is -9.90. The summed E-state index contributed by atoms with van der Waals surface area (Å²) >= 11 is 0. The molecule has 0 aromatic carbocycles. The molecule has 0 bridgehead atoms. The van der Waals surface area contributed by atoms with Crippen LogP contribution in [0.5, 0.6) is 0 Å². The lowest BCUT2D eigenvalue weighted by molar-refractivity contribution is -0.161. The van der Waals surface area contributed by atoms with E-state index in [1.165, 1.54) is 180 Å². The molecule has 0 aliphatic rings. The van der Waals surface area contributed by atoms with E-state index in [-0.39, 0.29) is 25.7 Å². The molecule has 92 heavy (non-hydrogen) atoms. The van der Waals surface area contributed by atoms with Crippen LogP contribution in [0.25, 0.3) is 0 Å². The second-order valence-corrected chi connectivity index (χ2v) is 30.0. The van der Waals surface area contributed by atoms with Gasteiger partial charge in [-0.2, -0.15) is 0 Å². The number of unbranched alkanes of at least 4 members (excludes halogenated alkanes) is 41. The van der Waals surface area contributed by atoms with Crippen molar-refractivity contribution < 1.29 is 80.2 Å². The highest BCUT2D eigenvalue weighted by molar-refractivity contribution is 7.47. The summed E-state index contributed by atoms with van der Waals surface area (Å²) in [5, 5.41) is 10.6. The number of rotatable bonds is 72. The second kappa shape index (κ2) is 65.0. The molecule has 0 aliphatic heterocycles. The molecule has 19 heteroatoms. The van der Waals surface area contributed by atoms with Crippen LogP contribution in [0.3, 0.4) is 0 Å². The van der Waals surface area contributed by atoms with Crippen molar-refractivity contribution in [2.75, 3.05) is 39.6 Å². The lowest BCUT2D eigenvalue weighted by Gasteiger charge is -2.21. The van der Waals surface area contributed by atoms with E-state index in [2.05, 4.69) is 41.5 Å². The molecule has 0 saturated heterocycles. The number of phosphoric ester groups is 2. The van der Waals surface area contributed by atoms with Crippen molar-refractivity contribution in [3.8, 4) is 0 Å². The number of esters is 4. The van der Waals surface area contributed by atoms with E-state index in [0.717, 1.165) is 115 Å². The summed E-state index contributed by atoms with van der Waals surface area (Å²) in [5.41, 5.74) is 0. The molecule has 6 atom stereocenters. The zero-order valence-corrected chi connectivity index (χ0v) is 61.6. The number of hydrogen-bond acceptors (Lipinski definition) is 15. The van der Waals surface area contributed by atoms with Crippen LogP contribution in [0.15, 0.2) is 0 Å². The van der Waals surface area contributed by atoms with Crippen molar-refractivity contribution in [2.45, 2.75) is 394 Å². The van der Waals surface area contributed by atoms with Gasteiger partial charge >= 0.3 is 39.5 Å². The standard InChI is InChI=1S/C73H142O17P2/c1-7-10-12-14-16-17-18-19-20-24-27-30-33-37-44-50-56-71(76)84-62-68(89-72(77)57-51-45-38-34-31-28-25-22-21-23-26-29-32-36-41-47-53-65(4)5)63-87-91(79,80)85-59-67(74)60-86-92(81,82)88-64-69(61-83-70(75)55-49-43-35-15-13-11-8-2)90-73(78)58-52-46-40-39-42-48-54-66(6)9-3/h65-69,74H,7-64H2,1-6H3,(H,79,80)(H,81,82)/t66?,67-,68-,69-/m1/s1. The minimum Gasteiger partial charge on any atom is -0.462 e. The van der Waals surface area contributed by atoms with E-state index in [1.807, 2.05) is 0 Å². The summed E-state index contributed by atoms with van der Waals surface area (Å²) in [4.78, 5) is 72.5. The summed E-state index contributed by atoms with van der Waals surface area (Å²) in [6, 6.07) is 0. The Morgan fingerprint density at radius 2 is 0.554 bits per heavy atom. The van der Waals surface area contributed by atoms with Crippen LogP contribution in [0, 0.1) is 11.8 Å². The zero-order valence-electron chi connectivity index (χ0n) is 59.9. The number of carbonyl (C=O) groups excluding carboxylic acids is 4. The largest absolute Gasteiger partial charge is 0.472 e. The van der Waals surface area contributed by atoms with E-state index in [9.17, 15) is 43.2 Å². The zero-order chi connectivity index (χ0) is 67.9. The number of aliphatic hydroxyl groups excluding tert-OH is 1. The quantitative estimate of drug-likeness (QED) is 0.0222. The van der Waals surface area contributed by atoms with Gasteiger partial charge in [-0.05, 0) is 37.5 Å². The van der Waals surface area contributed by atoms with Crippen molar-refractivity contribution in [3.63, 3.8) is 0 Å². The molecular formula is C73H142O17P2. The van der Waals surface area contributed by atoms with Crippen molar-refractivity contribution in [3.05, 3.63) is 0 Å². The molecule has 0 radical (unpaired) electrons. The first-order valence-corrected chi connectivity index (χ1v) is 41.0. The first-order chi connectivity index (χ1) is 44.4. The average molecular weight is 1350 g/mol. The van der Waals surface area contributed by atoms with Crippen LogP contribution in [-0.4, -0.2) is 96.7 Å². The first kappa shape index (κ1) is 90.1.